The maximum absolute atomic E-state index is 14.9. The molecular formula is C65H41F5N2. The summed E-state index contributed by atoms with van der Waals surface area (Å²) >= 11 is 0. The third-order valence-corrected chi connectivity index (χ3v) is 13.5. The maximum Gasteiger partial charge on any atom is 0.123 e. The normalized spacial score (nSPS) is 11.5. The van der Waals surface area contributed by atoms with Crippen LogP contribution in [0.5, 0.6) is 0 Å². The Balaban J connectivity index is 1.10. The summed E-state index contributed by atoms with van der Waals surface area (Å²) < 4.78 is 74.4. The van der Waals surface area contributed by atoms with Crippen LogP contribution in [0.15, 0.2) is 231 Å². The van der Waals surface area contributed by atoms with Crippen LogP contribution in [0.3, 0.4) is 0 Å². The lowest BCUT2D eigenvalue weighted by atomic mass is 9.91. The third kappa shape index (κ3) is 8.24. The largest absolute Gasteiger partial charge is 0.310 e. The SMILES string of the molecule is Cc1ccc(N(c2cc(-c3cccc(F)c3)cc(-c3cccc(F)c3)c2)c2ccc3ccc4c(N(c5ccc(F)cc5)c5cc(-c6cccc(F)c6)cc(-c6cccc(F)c6)c5)ccc5ccc2c3c54)cc1. The van der Waals surface area contributed by atoms with Gasteiger partial charge in [-0.3, -0.25) is 0 Å². The van der Waals surface area contributed by atoms with Crippen molar-refractivity contribution in [3.05, 3.63) is 265 Å². The molecule has 12 aromatic carbocycles. The summed E-state index contributed by atoms with van der Waals surface area (Å²) in [4.78, 5) is 4.27. The molecule has 0 bridgehead atoms. The second kappa shape index (κ2) is 18.0. The van der Waals surface area contributed by atoms with Gasteiger partial charge in [0.25, 0.3) is 0 Å². The Hall–Kier alpha value is -9.07. The van der Waals surface area contributed by atoms with E-state index in [0.29, 0.717) is 44.8 Å². The van der Waals surface area contributed by atoms with Gasteiger partial charge in [0.1, 0.15) is 29.1 Å². The van der Waals surface area contributed by atoms with Crippen LogP contribution in [0.25, 0.3) is 76.8 Å². The fraction of sp³-hybridized carbons (Fsp3) is 0.0154. The monoisotopic (exact) mass is 944 g/mol. The Morgan fingerprint density at radius 3 is 0.944 bits per heavy atom. The average molecular weight is 945 g/mol. The van der Waals surface area contributed by atoms with Crippen LogP contribution in [0, 0.1) is 36.0 Å². The predicted molar refractivity (Wildman–Crippen MR) is 286 cm³/mol. The van der Waals surface area contributed by atoms with Gasteiger partial charge in [0.05, 0.1) is 11.4 Å². The van der Waals surface area contributed by atoms with E-state index in [9.17, 15) is 22.0 Å². The number of anilines is 6. The first-order chi connectivity index (χ1) is 35.1. The first-order valence-corrected chi connectivity index (χ1v) is 23.6. The van der Waals surface area contributed by atoms with Gasteiger partial charge in [-0.1, -0.05) is 103 Å². The molecule has 346 valence electrons. The minimum Gasteiger partial charge on any atom is -0.310 e. The van der Waals surface area contributed by atoms with Crippen molar-refractivity contribution >= 4 is 66.4 Å². The summed E-state index contributed by atoms with van der Waals surface area (Å²) in [5.74, 6) is -1.90. The summed E-state index contributed by atoms with van der Waals surface area (Å²) in [5.41, 5.74) is 11.4. The molecule has 0 aromatic heterocycles. The van der Waals surface area contributed by atoms with E-state index in [-0.39, 0.29) is 23.3 Å². The molecule has 0 spiro atoms. The Bertz CT molecular complexity index is 3630. The van der Waals surface area contributed by atoms with Crippen LogP contribution in [-0.4, -0.2) is 0 Å². The summed E-state index contributed by atoms with van der Waals surface area (Å²) in [6.07, 6.45) is 0. The predicted octanol–water partition coefficient (Wildman–Crippen LogP) is 19.2. The van der Waals surface area contributed by atoms with Crippen LogP contribution in [0.1, 0.15) is 5.56 Å². The zero-order chi connectivity index (χ0) is 49.0. The van der Waals surface area contributed by atoms with Crippen LogP contribution in [0.4, 0.5) is 56.1 Å². The molecule has 0 N–H and O–H groups in total. The van der Waals surface area contributed by atoms with Gasteiger partial charge in [-0.05, 0) is 206 Å². The molecule has 0 saturated heterocycles. The lowest BCUT2D eigenvalue weighted by Crippen LogP contribution is -2.12. The molecule has 0 aliphatic heterocycles. The fourth-order valence-corrected chi connectivity index (χ4v) is 10.1. The summed E-state index contributed by atoms with van der Waals surface area (Å²) in [6.45, 7) is 2.05. The molecule has 0 aliphatic rings. The van der Waals surface area contributed by atoms with Gasteiger partial charge in [0, 0.05) is 33.5 Å². The highest BCUT2D eigenvalue weighted by Gasteiger charge is 2.24. The van der Waals surface area contributed by atoms with E-state index in [1.165, 1.54) is 60.7 Å². The smallest absolute Gasteiger partial charge is 0.123 e. The number of halogens is 5. The van der Waals surface area contributed by atoms with E-state index in [1.807, 2.05) is 67.6 Å². The Kier molecular flexibility index (Phi) is 11.1. The van der Waals surface area contributed by atoms with Gasteiger partial charge in [-0.25, -0.2) is 22.0 Å². The van der Waals surface area contributed by atoms with E-state index in [1.54, 1.807) is 36.4 Å². The van der Waals surface area contributed by atoms with E-state index in [4.69, 9.17) is 0 Å². The molecular weight excluding hydrogens is 904 g/mol. The highest BCUT2D eigenvalue weighted by atomic mass is 19.1. The van der Waals surface area contributed by atoms with Gasteiger partial charge in [-0.15, -0.1) is 0 Å². The molecule has 12 rings (SSSR count). The van der Waals surface area contributed by atoms with Crippen molar-refractivity contribution in [3.8, 4) is 44.5 Å². The summed E-state index contributed by atoms with van der Waals surface area (Å²) in [6, 6.07) is 69.2. The molecule has 0 amide bonds. The summed E-state index contributed by atoms with van der Waals surface area (Å²) in [7, 11) is 0. The van der Waals surface area contributed by atoms with Gasteiger partial charge in [-0.2, -0.15) is 0 Å². The molecule has 2 nitrogen and oxygen atoms in total. The fourth-order valence-electron chi connectivity index (χ4n) is 10.1. The van der Waals surface area contributed by atoms with Crippen molar-refractivity contribution in [2.75, 3.05) is 9.80 Å². The number of hydrogen-bond donors (Lipinski definition) is 0. The molecule has 0 atom stereocenters. The van der Waals surface area contributed by atoms with E-state index in [0.717, 1.165) is 71.8 Å². The van der Waals surface area contributed by atoms with Gasteiger partial charge in [0.15, 0.2) is 0 Å². The topological polar surface area (TPSA) is 6.48 Å². The van der Waals surface area contributed by atoms with Crippen LogP contribution < -0.4 is 9.80 Å². The summed E-state index contributed by atoms with van der Waals surface area (Å²) in [5, 5.41) is 5.90. The van der Waals surface area contributed by atoms with Gasteiger partial charge >= 0.3 is 0 Å². The average Bonchev–Trinajstić information content (AvgIpc) is 3.39. The first-order valence-electron chi connectivity index (χ1n) is 23.6. The number of rotatable bonds is 10. The molecule has 0 radical (unpaired) electrons. The highest BCUT2D eigenvalue weighted by Crippen LogP contribution is 2.49. The van der Waals surface area contributed by atoms with Gasteiger partial charge in [0.2, 0.25) is 0 Å². The van der Waals surface area contributed by atoms with Crippen molar-refractivity contribution < 1.29 is 22.0 Å². The van der Waals surface area contributed by atoms with E-state index >= 15 is 0 Å². The first kappa shape index (κ1) is 44.2. The molecule has 12 aromatic rings. The Morgan fingerprint density at radius 2 is 0.597 bits per heavy atom. The minimum absolute atomic E-state index is 0.365. The van der Waals surface area contributed by atoms with Crippen LogP contribution >= 0.6 is 0 Å². The van der Waals surface area contributed by atoms with Crippen molar-refractivity contribution in [1.29, 1.82) is 0 Å². The van der Waals surface area contributed by atoms with E-state index < -0.39 is 5.82 Å². The lowest BCUT2D eigenvalue weighted by molar-refractivity contribution is 0.627. The van der Waals surface area contributed by atoms with Crippen molar-refractivity contribution in [3.63, 3.8) is 0 Å². The molecule has 7 heteroatoms. The zero-order valence-corrected chi connectivity index (χ0v) is 38.7. The highest BCUT2D eigenvalue weighted by molar-refractivity contribution is 6.28. The Labute approximate surface area is 413 Å². The number of nitrogens with zero attached hydrogens (tertiary/aromatic N) is 2. The minimum atomic E-state index is -0.391. The lowest BCUT2D eigenvalue weighted by Gasteiger charge is -2.30. The van der Waals surface area contributed by atoms with Crippen LogP contribution in [-0.2, 0) is 0 Å². The third-order valence-electron chi connectivity index (χ3n) is 13.5. The number of hydrogen-bond acceptors (Lipinski definition) is 2. The molecule has 72 heavy (non-hydrogen) atoms. The van der Waals surface area contributed by atoms with Crippen molar-refractivity contribution in [1.82, 2.24) is 0 Å². The molecule has 0 saturated carbocycles. The number of aryl methyl sites for hydroxylation is 1. The van der Waals surface area contributed by atoms with E-state index in [2.05, 4.69) is 82.6 Å². The molecule has 0 fully saturated rings. The van der Waals surface area contributed by atoms with Crippen LogP contribution in [0.2, 0.25) is 0 Å². The van der Waals surface area contributed by atoms with Crippen molar-refractivity contribution in [2.24, 2.45) is 0 Å². The second-order valence-electron chi connectivity index (χ2n) is 18.2. The second-order valence-corrected chi connectivity index (χ2v) is 18.2. The molecule has 0 aliphatic carbocycles. The standard InChI is InChI=1S/C65H41F5N2/c1-40-14-22-56(23-15-40)71(58-36-47(43-6-2-10-52(67)32-43)30-48(37-58)44-7-3-11-53(68)33-44)62-28-18-41-17-27-61-63(29-19-42-16-26-60(62)64(41)65(42)61)72(57-24-20-51(66)21-25-57)59-38-49(45-8-4-12-54(69)34-45)31-50(39-59)46-9-5-13-55(70)35-46/h2-39H,1H3. The quantitative estimate of drug-likeness (QED) is 0.0996. The number of benzene rings is 12. The molecule has 0 heterocycles. The zero-order valence-electron chi connectivity index (χ0n) is 38.7. The Morgan fingerprint density at radius 1 is 0.264 bits per heavy atom. The molecule has 0 unspecified atom stereocenters. The maximum atomic E-state index is 14.9. The van der Waals surface area contributed by atoms with Crippen molar-refractivity contribution in [2.45, 2.75) is 6.92 Å². The van der Waals surface area contributed by atoms with Gasteiger partial charge < -0.3 is 9.80 Å².